The number of carbonyl (C=O) groups excluding carboxylic acids is 3. The lowest BCUT2D eigenvalue weighted by Gasteiger charge is -2.15. The molecule has 36 heavy (non-hydrogen) atoms. The van der Waals surface area contributed by atoms with Gasteiger partial charge in [0.25, 0.3) is 0 Å². The number of nitrogens with one attached hydrogen (secondary N) is 3. The molecule has 0 rings (SSSR count). The van der Waals surface area contributed by atoms with Crippen LogP contribution in [0.25, 0.3) is 0 Å². The maximum Gasteiger partial charge on any atom is 0.326 e. The average molecular weight is 516 g/mol. The van der Waals surface area contributed by atoms with Crippen LogP contribution < -0.4 is 16.0 Å². The normalized spacial score (nSPS) is 11.5. The van der Waals surface area contributed by atoms with Crippen LogP contribution in [0.2, 0.25) is 0 Å². The highest BCUT2D eigenvalue weighted by atomic mass is 16.5. The van der Waals surface area contributed by atoms with Crippen LogP contribution in [0, 0.1) is 0 Å². The van der Waals surface area contributed by atoms with Crippen molar-refractivity contribution in [2.24, 2.45) is 0 Å². The van der Waals surface area contributed by atoms with Crippen LogP contribution in [0.4, 0.5) is 4.79 Å². The van der Waals surface area contributed by atoms with E-state index < -0.39 is 24.0 Å². The Morgan fingerprint density at radius 1 is 0.722 bits per heavy atom. The highest BCUT2D eigenvalue weighted by Crippen LogP contribution is 2.08. The molecule has 0 bridgehead atoms. The fourth-order valence-electron chi connectivity index (χ4n) is 3.38. The van der Waals surface area contributed by atoms with Crippen molar-refractivity contribution in [1.82, 2.24) is 16.0 Å². The molecule has 0 radical (unpaired) electrons. The SMILES string of the molecule is CCCCCCCCC(=O)CCOCCC(=O)NCCCC[C@@H](NC(=O)NCCCC(=O)O)C(=O)O. The van der Waals surface area contributed by atoms with Crippen molar-refractivity contribution >= 4 is 29.7 Å². The number of unbranched alkanes of at least 4 members (excludes halogenated alkanes) is 6. The minimum atomic E-state index is -1.16. The summed E-state index contributed by atoms with van der Waals surface area (Å²) in [5.41, 5.74) is 0. The molecule has 11 nitrogen and oxygen atoms in total. The molecule has 0 unspecified atom stereocenters. The topological polar surface area (TPSA) is 171 Å². The second-order valence-electron chi connectivity index (χ2n) is 8.80. The smallest absolute Gasteiger partial charge is 0.326 e. The fourth-order valence-corrected chi connectivity index (χ4v) is 3.38. The molecule has 0 saturated heterocycles. The van der Waals surface area contributed by atoms with Crippen molar-refractivity contribution in [2.45, 2.75) is 103 Å². The van der Waals surface area contributed by atoms with Gasteiger partial charge in [0, 0.05) is 38.8 Å². The van der Waals surface area contributed by atoms with E-state index in [0.29, 0.717) is 38.8 Å². The van der Waals surface area contributed by atoms with Crippen LogP contribution in [0.15, 0.2) is 0 Å². The summed E-state index contributed by atoms with van der Waals surface area (Å²) in [6, 6.07) is -1.73. The summed E-state index contributed by atoms with van der Waals surface area (Å²) in [6.07, 6.45) is 9.42. The Labute approximate surface area is 214 Å². The van der Waals surface area contributed by atoms with Crippen molar-refractivity contribution in [3.63, 3.8) is 0 Å². The molecule has 3 amide bonds. The Morgan fingerprint density at radius 3 is 2.08 bits per heavy atom. The minimum Gasteiger partial charge on any atom is -0.481 e. The van der Waals surface area contributed by atoms with E-state index in [9.17, 15) is 29.1 Å². The average Bonchev–Trinajstić information content (AvgIpc) is 2.82. The number of aliphatic carboxylic acids is 2. The summed E-state index contributed by atoms with van der Waals surface area (Å²) in [5.74, 6) is -2.12. The molecule has 5 N–H and O–H groups in total. The van der Waals surface area contributed by atoms with Crippen LogP contribution in [0.3, 0.4) is 0 Å². The van der Waals surface area contributed by atoms with Crippen molar-refractivity contribution in [1.29, 1.82) is 0 Å². The van der Waals surface area contributed by atoms with Crippen LogP contribution in [-0.4, -0.2) is 72.2 Å². The summed E-state index contributed by atoms with van der Waals surface area (Å²) in [5, 5.41) is 25.3. The third-order valence-corrected chi connectivity index (χ3v) is 5.51. The second kappa shape index (κ2) is 22.8. The number of amides is 3. The molecule has 0 aromatic rings. The predicted molar refractivity (Wildman–Crippen MR) is 135 cm³/mol. The minimum absolute atomic E-state index is 0.0839. The van der Waals surface area contributed by atoms with Crippen LogP contribution in [0.5, 0.6) is 0 Å². The van der Waals surface area contributed by atoms with Gasteiger partial charge in [0.15, 0.2) is 0 Å². The second-order valence-corrected chi connectivity index (χ2v) is 8.80. The number of ether oxygens (including phenoxy) is 1. The molecular formula is C25H45N3O8. The van der Waals surface area contributed by atoms with E-state index in [-0.39, 0.29) is 50.5 Å². The third kappa shape index (κ3) is 21.8. The molecule has 208 valence electrons. The van der Waals surface area contributed by atoms with Gasteiger partial charge in [-0.05, 0) is 32.1 Å². The van der Waals surface area contributed by atoms with Gasteiger partial charge in [-0.15, -0.1) is 0 Å². The Morgan fingerprint density at radius 2 is 1.39 bits per heavy atom. The van der Waals surface area contributed by atoms with Crippen LogP contribution in [-0.2, 0) is 23.9 Å². The van der Waals surface area contributed by atoms with E-state index in [1.54, 1.807) is 0 Å². The number of carboxylic acids is 2. The molecule has 0 heterocycles. The van der Waals surface area contributed by atoms with Gasteiger partial charge < -0.3 is 30.9 Å². The standard InChI is InChI=1S/C25H45N3O8/c1-2-3-4-5-6-7-11-20(29)14-18-36-19-15-22(30)26-16-9-8-12-21(24(33)34)28-25(35)27-17-10-13-23(31)32/h21H,2-19H2,1H3,(H,26,30)(H,31,32)(H,33,34)(H2,27,28,35)/t21-/m1/s1. The van der Waals surface area contributed by atoms with Crippen molar-refractivity contribution < 1.29 is 38.9 Å². The largest absolute Gasteiger partial charge is 0.481 e. The first kappa shape index (κ1) is 33.3. The first-order valence-corrected chi connectivity index (χ1v) is 13.1. The molecule has 0 aliphatic heterocycles. The molecule has 11 heteroatoms. The van der Waals surface area contributed by atoms with Gasteiger partial charge in [-0.3, -0.25) is 14.4 Å². The summed E-state index contributed by atoms with van der Waals surface area (Å²) in [6.45, 7) is 3.24. The zero-order chi connectivity index (χ0) is 27.0. The first-order valence-electron chi connectivity index (χ1n) is 13.1. The van der Waals surface area contributed by atoms with E-state index in [0.717, 1.165) is 12.8 Å². The van der Waals surface area contributed by atoms with Crippen molar-refractivity contribution in [3.8, 4) is 0 Å². The Bertz CT molecular complexity index is 657. The highest BCUT2D eigenvalue weighted by molar-refractivity contribution is 5.82. The molecular weight excluding hydrogens is 470 g/mol. The van der Waals surface area contributed by atoms with Gasteiger partial charge in [-0.1, -0.05) is 39.0 Å². The molecule has 0 saturated carbocycles. The molecule has 1 atom stereocenters. The predicted octanol–water partition coefficient (Wildman–Crippen LogP) is 3.01. The number of hydrogen-bond donors (Lipinski definition) is 5. The number of Topliss-reactive ketones (excluding diaryl/α,β-unsaturated/α-hetero) is 1. The highest BCUT2D eigenvalue weighted by Gasteiger charge is 2.19. The number of ketones is 1. The number of carbonyl (C=O) groups is 5. The molecule has 0 spiro atoms. The monoisotopic (exact) mass is 515 g/mol. The summed E-state index contributed by atoms with van der Waals surface area (Å²) in [7, 11) is 0. The number of rotatable bonds is 24. The summed E-state index contributed by atoms with van der Waals surface area (Å²) in [4.78, 5) is 57.2. The van der Waals surface area contributed by atoms with Gasteiger partial charge >= 0.3 is 18.0 Å². The lowest BCUT2D eigenvalue weighted by Crippen LogP contribution is -2.46. The van der Waals surface area contributed by atoms with Gasteiger partial charge in [0.2, 0.25) is 5.91 Å². The lowest BCUT2D eigenvalue weighted by atomic mass is 10.1. The maximum atomic E-state index is 11.9. The Kier molecular flexibility index (Phi) is 21.1. The number of hydrogen-bond acceptors (Lipinski definition) is 6. The quantitative estimate of drug-likeness (QED) is 0.122. The summed E-state index contributed by atoms with van der Waals surface area (Å²) >= 11 is 0. The number of carboxylic acid groups (broad SMARTS) is 2. The molecule has 0 aliphatic rings. The van der Waals surface area contributed by atoms with Gasteiger partial charge in [-0.2, -0.15) is 0 Å². The Hall–Kier alpha value is -2.69. The lowest BCUT2D eigenvalue weighted by molar-refractivity contribution is -0.139. The van der Waals surface area contributed by atoms with Gasteiger partial charge in [0.05, 0.1) is 13.2 Å². The number of urea groups is 1. The third-order valence-electron chi connectivity index (χ3n) is 5.51. The maximum absolute atomic E-state index is 11.9. The van der Waals surface area contributed by atoms with E-state index in [1.165, 1.54) is 25.7 Å². The molecule has 0 aliphatic carbocycles. The summed E-state index contributed by atoms with van der Waals surface area (Å²) < 4.78 is 5.38. The van der Waals surface area contributed by atoms with E-state index in [1.807, 2.05) is 0 Å². The van der Waals surface area contributed by atoms with Crippen LogP contribution in [0.1, 0.15) is 96.8 Å². The molecule has 0 aromatic heterocycles. The zero-order valence-corrected chi connectivity index (χ0v) is 21.6. The van der Waals surface area contributed by atoms with E-state index in [4.69, 9.17) is 9.84 Å². The molecule has 0 aromatic carbocycles. The van der Waals surface area contributed by atoms with Gasteiger partial charge in [0.1, 0.15) is 11.8 Å². The van der Waals surface area contributed by atoms with Crippen LogP contribution >= 0.6 is 0 Å². The molecule has 0 fully saturated rings. The zero-order valence-electron chi connectivity index (χ0n) is 21.6. The Balaban J connectivity index is 3.74. The first-order chi connectivity index (χ1) is 17.3. The van der Waals surface area contributed by atoms with Gasteiger partial charge in [-0.25, -0.2) is 9.59 Å². The fraction of sp³-hybridized carbons (Fsp3) is 0.800. The van der Waals surface area contributed by atoms with Crippen molar-refractivity contribution in [2.75, 3.05) is 26.3 Å². The van der Waals surface area contributed by atoms with Crippen molar-refractivity contribution in [3.05, 3.63) is 0 Å². The van der Waals surface area contributed by atoms with E-state index in [2.05, 4.69) is 22.9 Å². The van der Waals surface area contributed by atoms with E-state index >= 15 is 0 Å².